The minimum atomic E-state index is -1.80. The van der Waals surface area contributed by atoms with Gasteiger partial charge in [0.25, 0.3) is 0 Å². The van der Waals surface area contributed by atoms with E-state index < -0.39 is 54.5 Å². The Morgan fingerprint density at radius 2 is 1.55 bits per heavy atom. The van der Waals surface area contributed by atoms with Crippen LogP contribution in [0.15, 0.2) is 0 Å². The van der Waals surface area contributed by atoms with Gasteiger partial charge in [-0.15, -0.1) is 0 Å². The number of thiol groups is 1. The minimum absolute atomic E-state index is 0.190. The van der Waals surface area contributed by atoms with Crippen LogP contribution < -0.4 is 11.5 Å². The molecule has 0 amide bonds. The number of hydrogen-bond acceptors (Lipinski definition) is 10. The largest absolute Gasteiger partial charge is 0.480 e. The Morgan fingerprint density at radius 3 is 1.77 bits per heavy atom. The van der Waals surface area contributed by atoms with Gasteiger partial charge in [0.05, 0.1) is 6.61 Å². The van der Waals surface area contributed by atoms with Crippen molar-refractivity contribution in [2.24, 2.45) is 11.5 Å². The predicted octanol–water partition coefficient (Wildman–Crippen LogP) is -4.13. The Labute approximate surface area is 132 Å². The van der Waals surface area contributed by atoms with Crippen molar-refractivity contribution >= 4 is 30.2 Å². The van der Waals surface area contributed by atoms with Crippen LogP contribution in [0.5, 0.6) is 0 Å². The smallest absolute Gasteiger partial charge is 0.321 e. The normalized spacial score (nSPS) is 17.3. The number of rotatable bonds is 8. The molecule has 0 unspecified atom stereocenters. The number of nitrogens with two attached hydrogens (primary N) is 2. The van der Waals surface area contributed by atoms with Gasteiger partial charge in [0.2, 0.25) is 5.78 Å². The van der Waals surface area contributed by atoms with E-state index >= 15 is 0 Å². The van der Waals surface area contributed by atoms with Crippen molar-refractivity contribution in [1.82, 2.24) is 0 Å². The second-order valence-electron chi connectivity index (χ2n) is 4.30. The monoisotopic (exact) mass is 342 g/mol. The molecule has 0 aliphatic heterocycles. The first-order chi connectivity index (χ1) is 10.0. The summed E-state index contributed by atoms with van der Waals surface area (Å²) in [7, 11) is 0. The predicted molar refractivity (Wildman–Crippen MR) is 78.2 cm³/mol. The molecule has 5 atom stereocenters. The van der Waals surface area contributed by atoms with Crippen LogP contribution in [-0.2, 0) is 14.4 Å². The molecule has 9 N–H and O–H groups in total. The Morgan fingerprint density at radius 1 is 1.09 bits per heavy atom. The van der Waals surface area contributed by atoms with Gasteiger partial charge in [-0.2, -0.15) is 12.6 Å². The molecule has 0 aromatic heterocycles. The van der Waals surface area contributed by atoms with E-state index in [4.69, 9.17) is 26.8 Å². The Bertz CT molecular complexity index is 381. The van der Waals surface area contributed by atoms with E-state index in [2.05, 4.69) is 12.6 Å². The summed E-state index contributed by atoms with van der Waals surface area (Å²) in [6.45, 7) is 0.184. The van der Waals surface area contributed by atoms with Crippen LogP contribution in [0, 0.1) is 0 Å². The zero-order valence-corrected chi connectivity index (χ0v) is 12.8. The molecule has 0 rings (SSSR count). The van der Waals surface area contributed by atoms with E-state index in [1.807, 2.05) is 0 Å². The van der Waals surface area contributed by atoms with Crippen molar-refractivity contribution in [2.45, 2.75) is 37.3 Å². The maximum atomic E-state index is 11.0. The number of carboxylic acids is 1. The SMILES string of the molecule is CC(=O)C(=O)[C@H](N)[C@@H](O)[C@H](O)[C@H](O)CO.N[C@@H](CS)C(=O)O. The average Bonchev–Trinajstić information content (AvgIpc) is 2.50. The number of carbonyl (C=O) groups is 3. The number of ketones is 2. The molecule has 10 nitrogen and oxygen atoms in total. The first kappa shape index (κ1) is 23.2. The van der Waals surface area contributed by atoms with Crippen molar-refractivity contribution < 1.29 is 39.9 Å². The molecule has 0 saturated heterocycles. The highest BCUT2D eigenvalue weighted by Crippen LogP contribution is 2.04. The number of aliphatic carboxylic acids is 1. The highest BCUT2D eigenvalue weighted by molar-refractivity contribution is 7.80. The van der Waals surface area contributed by atoms with Gasteiger partial charge in [-0.1, -0.05) is 0 Å². The highest BCUT2D eigenvalue weighted by Gasteiger charge is 2.34. The van der Waals surface area contributed by atoms with Gasteiger partial charge in [-0.25, -0.2) is 0 Å². The van der Waals surface area contributed by atoms with Crippen LogP contribution in [0.4, 0.5) is 0 Å². The second-order valence-corrected chi connectivity index (χ2v) is 4.67. The van der Waals surface area contributed by atoms with E-state index in [-0.39, 0.29) is 5.75 Å². The molecule has 0 aliphatic rings. The third kappa shape index (κ3) is 8.38. The third-order valence-electron chi connectivity index (χ3n) is 2.46. The molecule has 0 radical (unpaired) electrons. The molecule has 0 bridgehead atoms. The van der Waals surface area contributed by atoms with Crippen molar-refractivity contribution in [3.8, 4) is 0 Å². The second kappa shape index (κ2) is 11.5. The van der Waals surface area contributed by atoms with E-state index in [9.17, 15) is 24.6 Å². The summed E-state index contributed by atoms with van der Waals surface area (Å²) in [5.74, 6) is -2.72. The maximum Gasteiger partial charge on any atom is 0.321 e. The number of carbonyl (C=O) groups excluding carboxylic acids is 2. The summed E-state index contributed by atoms with van der Waals surface area (Å²) in [5, 5.41) is 43.9. The number of carboxylic acid groups (broad SMARTS) is 1. The van der Waals surface area contributed by atoms with Crippen LogP contribution >= 0.6 is 12.6 Å². The summed E-state index contributed by atoms with van der Waals surface area (Å²) in [6, 6.07) is -2.43. The lowest BCUT2D eigenvalue weighted by molar-refractivity contribution is -0.141. The van der Waals surface area contributed by atoms with E-state index in [1.54, 1.807) is 0 Å². The van der Waals surface area contributed by atoms with Gasteiger partial charge in [-0.05, 0) is 0 Å². The third-order valence-corrected chi connectivity index (χ3v) is 2.86. The van der Waals surface area contributed by atoms with Crippen molar-refractivity contribution in [3.05, 3.63) is 0 Å². The van der Waals surface area contributed by atoms with E-state index in [0.29, 0.717) is 0 Å². The Hall–Kier alpha value is -1.08. The molecule has 0 aromatic rings. The van der Waals surface area contributed by atoms with Crippen LogP contribution in [0.2, 0.25) is 0 Å². The molecule has 11 heteroatoms. The summed E-state index contributed by atoms with van der Waals surface area (Å²) in [5.41, 5.74) is 10.1. The lowest BCUT2D eigenvalue weighted by Gasteiger charge is -2.24. The van der Waals surface area contributed by atoms with Gasteiger partial charge in [0.15, 0.2) is 5.78 Å². The fraction of sp³-hybridized carbons (Fsp3) is 0.727. The van der Waals surface area contributed by atoms with Crippen LogP contribution in [-0.4, -0.2) is 85.8 Å². The standard InChI is InChI=1S/C8H15NO6.C3H7NO2S/c1-3(11)6(13)5(9)8(15)7(14)4(12)2-10;4-2(1-7)3(5)6/h4-5,7-8,10,12,14-15H,2,9H2,1H3;2,7H,1,4H2,(H,5,6)/t4-,5+,7-,8-;2-/m10/s1. The first-order valence-corrected chi connectivity index (χ1v) is 6.69. The number of Topliss-reactive ketones (excluding diaryl/α,β-unsaturated/α-hetero) is 2. The highest BCUT2D eigenvalue weighted by atomic mass is 32.1. The van der Waals surface area contributed by atoms with Crippen molar-refractivity contribution in [1.29, 1.82) is 0 Å². The fourth-order valence-corrected chi connectivity index (χ4v) is 1.17. The van der Waals surface area contributed by atoms with Crippen LogP contribution in [0.25, 0.3) is 0 Å². The Kier molecular flexibility index (Phi) is 12.1. The van der Waals surface area contributed by atoms with Gasteiger partial charge in [0, 0.05) is 12.7 Å². The molecule has 22 heavy (non-hydrogen) atoms. The molecule has 0 heterocycles. The zero-order chi connectivity index (χ0) is 18.0. The molecule has 0 spiro atoms. The molecular weight excluding hydrogens is 320 g/mol. The molecule has 0 aliphatic carbocycles. The fourth-order valence-electron chi connectivity index (χ4n) is 1.02. The number of hydrogen-bond donors (Lipinski definition) is 8. The molecular formula is C11H22N2O8S. The van der Waals surface area contributed by atoms with Crippen LogP contribution in [0.3, 0.4) is 0 Å². The van der Waals surface area contributed by atoms with Crippen molar-refractivity contribution in [3.63, 3.8) is 0 Å². The zero-order valence-electron chi connectivity index (χ0n) is 11.9. The van der Waals surface area contributed by atoms with E-state index in [1.165, 1.54) is 0 Å². The Balaban J connectivity index is 0. The summed E-state index contributed by atoms with van der Waals surface area (Å²) >= 11 is 3.65. The van der Waals surface area contributed by atoms with Gasteiger partial charge in [0.1, 0.15) is 30.4 Å². The number of aliphatic hydroxyl groups excluding tert-OH is 4. The summed E-state index contributed by atoms with van der Waals surface area (Å²) < 4.78 is 0. The maximum absolute atomic E-state index is 11.0. The first-order valence-electron chi connectivity index (χ1n) is 6.05. The van der Waals surface area contributed by atoms with E-state index in [0.717, 1.165) is 6.92 Å². The lowest BCUT2D eigenvalue weighted by Crippen LogP contribution is -2.54. The van der Waals surface area contributed by atoms with Gasteiger partial charge in [-0.3, -0.25) is 14.4 Å². The molecule has 0 saturated carbocycles. The van der Waals surface area contributed by atoms with Gasteiger partial charge < -0.3 is 37.0 Å². The molecule has 0 aromatic carbocycles. The number of aliphatic hydroxyl groups is 4. The summed E-state index contributed by atoms with van der Waals surface area (Å²) in [6.07, 6.45) is -5.21. The van der Waals surface area contributed by atoms with Crippen LogP contribution in [0.1, 0.15) is 6.92 Å². The average molecular weight is 342 g/mol. The topological polar surface area (TPSA) is 204 Å². The van der Waals surface area contributed by atoms with Gasteiger partial charge >= 0.3 is 5.97 Å². The minimum Gasteiger partial charge on any atom is -0.480 e. The van der Waals surface area contributed by atoms with Crippen molar-refractivity contribution in [2.75, 3.05) is 12.4 Å². The molecule has 130 valence electrons. The summed E-state index contributed by atoms with van der Waals surface area (Å²) in [4.78, 5) is 31.4. The quantitative estimate of drug-likeness (QED) is 0.158. The molecule has 0 fully saturated rings. The lowest BCUT2D eigenvalue weighted by atomic mass is 9.97.